The van der Waals surface area contributed by atoms with Crippen molar-refractivity contribution in [1.29, 1.82) is 0 Å². The van der Waals surface area contributed by atoms with E-state index in [2.05, 4.69) is 16.0 Å². The third-order valence-corrected chi connectivity index (χ3v) is 7.66. The van der Waals surface area contributed by atoms with Gasteiger partial charge in [-0.2, -0.15) is 0 Å². The van der Waals surface area contributed by atoms with Crippen LogP contribution in [0.2, 0.25) is 0 Å². The zero-order valence-electron chi connectivity index (χ0n) is 26.4. The molecule has 3 N–H and O–H groups in total. The van der Waals surface area contributed by atoms with E-state index in [-0.39, 0.29) is 35.9 Å². The molecule has 0 saturated heterocycles. The number of para-hydroxylation sites is 1. The van der Waals surface area contributed by atoms with Crippen LogP contribution in [0.25, 0.3) is 0 Å². The van der Waals surface area contributed by atoms with Crippen molar-refractivity contribution >= 4 is 29.4 Å². The van der Waals surface area contributed by atoms with Gasteiger partial charge in [0, 0.05) is 30.1 Å². The molecule has 1 unspecified atom stereocenters. The Bertz CT molecular complexity index is 1460. The Kier molecular flexibility index (Phi) is 11.4. The maximum absolute atomic E-state index is 13.6. The molecule has 9 nitrogen and oxygen atoms in total. The first-order valence-electron chi connectivity index (χ1n) is 15.5. The van der Waals surface area contributed by atoms with Crippen molar-refractivity contribution in [3.63, 3.8) is 0 Å². The van der Waals surface area contributed by atoms with Crippen LogP contribution in [0.3, 0.4) is 0 Å². The van der Waals surface area contributed by atoms with E-state index in [1.54, 1.807) is 24.3 Å². The van der Waals surface area contributed by atoms with E-state index in [1.807, 2.05) is 75.4 Å². The molecular formula is C36H43N3O6. The van der Waals surface area contributed by atoms with Crippen LogP contribution in [0.1, 0.15) is 69.3 Å². The van der Waals surface area contributed by atoms with Gasteiger partial charge in [0.1, 0.15) is 23.1 Å². The molecule has 3 amide bonds. The Morgan fingerprint density at radius 2 is 1.51 bits per heavy atom. The second-order valence-electron chi connectivity index (χ2n) is 12.6. The SMILES string of the molecule is CC(=O)c1ccc(NC(=O)C(Cc2cccc(Oc3ccccc3)c2)NC(=O)C2CCC(CNC(=O)OC(C)(C)C)CC2)cc1. The van der Waals surface area contributed by atoms with Gasteiger partial charge in [0.2, 0.25) is 11.8 Å². The van der Waals surface area contributed by atoms with Crippen LogP contribution in [0.15, 0.2) is 78.9 Å². The lowest BCUT2D eigenvalue weighted by Gasteiger charge is -2.29. The molecule has 1 atom stereocenters. The van der Waals surface area contributed by atoms with E-state index in [0.29, 0.717) is 42.1 Å². The van der Waals surface area contributed by atoms with Crippen molar-refractivity contribution in [2.24, 2.45) is 11.8 Å². The summed E-state index contributed by atoms with van der Waals surface area (Å²) in [6.45, 7) is 7.45. The minimum atomic E-state index is -0.844. The first-order chi connectivity index (χ1) is 21.4. The Morgan fingerprint density at radius 3 is 2.16 bits per heavy atom. The maximum atomic E-state index is 13.6. The van der Waals surface area contributed by atoms with E-state index >= 15 is 0 Å². The number of amides is 3. The fourth-order valence-electron chi connectivity index (χ4n) is 5.28. The molecule has 45 heavy (non-hydrogen) atoms. The van der Waals surface area contributed by atoms with Crippen molar-refractivity contribution in [3.8, 4) is 11.5 Å². The number of hydrogen-bond acceptors (Lipinski definition) is 6. The summed E-state index contributed by atoms with van der Waals surface area (Å²) in [5, 5.41) is 8.74. The lowest BCUT2D eigenvalue weighted by Crippen LogP contribution is -2.48. The highest BCUT2D eigenvalue weighted by Gasteiger charge is 2.30. The molecule has 3 aromatic carbocycles. The van der Waals surface area contributed by atoms with Crippen molar-refractivity contribution in [3.05, 3.63) is 90.0 Å². The molecule has 238 valence electrons. The predicted molar refractivity (Wildman–Crippen MR) is 173 cm³/mol. The topological polar surface area (TPSA) is 123 Å². The molecule has 1 aliphatic carbocycles. The van der Waals surface area contributed by atoms with Crippen LogP contribution in [0, 0.1) is 11.8 Å². The van der Waals surface area contributed by atoms with Gasteiger partial charge >= 0.3 is 6.09 Å². The summed E-state index contributed by atoms with van der Waals surface area (Å²) in [6, 6.07) is 22.7. The molecule has 3 aromatic rings. The van der Waals surface area contributed by atoms with Gasteiger partial charge in [-0.25, -0.2) is 4.79 Å². The predicted octanol–water partition coefficient (Wildman–Crippen LogP) is 6.68. The highest BCUT2D eigenvalue weighted by atomic mass is 16.6. The lowest BCUT2D eigenvalue weighted by atomic mass is 9.81. The maximum Gasteiger partial charge on any atom is 0.407 e. The summed E-state index contributed by atoms with van der Waals surface area (Å²) in [5.74, 6) is 0.754. The van der Waals surface area contributed by atoms with E-state index in [9.17, 15) is 19.2 Å². The largest absolute Gasteiger partial charge is 0.457 e. The lowest BCUT2D eigenvalue weighted by molar-refractivity contribution is -0.130. The minimum Gasteiger partial charge on any atom is -0.457 e. The molecule has 1 fully saturated rings. The number of carbonyl (C=O) groups is 4. The average Bonchev–Trinajstić information content (AvgIpc) is 3.00. The Hall–Kier alpha value is -4.66. The van der Waals surface area contributed by atoms with Gasteiger partial charge in [0.25, 0.3) is 0 Å². The molecular weight excluding hydrogens is 570 g/mol. The van der Waals surface area contributed by atoms with Gasteiger partial charge in [-0.05, 0) is 113 Å². The number of anilines is 1. The number of hydrogen-bond donors (Lipinski definition) is 3. The van der Waals surface area contributed by atoms with Crippen molar-refractivity contribution < 1.29 is 28.7 Å². The fraction of sp³-hybridized carbons (Fsp3) is 0.389. The molecule has 0 heterocycles. The van der Waals surface area contributed by atoms with Crippen molar-refractivity contribution in [2.45, 2.75) is 71.4 Å². The first kappa shape index (κ1) is 33.2. The normalized spacial score (nSPS) is 17.0. The summed E-state index contributed by atoms with van der Waals surface area (Å²) in [4.78, 5) is 50.7. The molecule has 1 aliphatic rings. The Morgan fingerprint density at radius 1 is 0.844 bits per heavy atom. The summed E-state index contributed by atoms with van der Waals surface area (Å²) < 4.78 is 11.3. The second kappa shape index (κ2) is 15.4. The number of Topliss-reactive ketones (excluding diaryl/α,β-unsaturated/α-hetero) is 1. The Balaban J connectivity index is 1.40. The minimum absolute atomic E-state index is 0.0639. The van der Waals surface area contributed by atoms with Gasteiger partial charge in [-0.1, -0.05) is 30.3 Å². The van der Waals surface area contributed by atoms with Gasteiger partial charge in [-0.3, -0.25) is 14.4 Å². The fourth-order valence-corrected chi connectivity index (χ4v) is 5.28. The van der Waals surface area contributed by atoms with Crippen molar-refractivity contribution in [2.75, 3.05) is 11.9 Å². The first-order valence-corrected chi connectivity index (χ1v) is 15.5. The Labute approximate surface area is 265 Å². The van der Waals surface area contributed by atoms with Crippen molar-refractivity contribution in [1.82, 2.24) is 10.6 Å². The van der Waals surface area contributed by atoms with Crippen LogP contribution in [0.5, 0.6) is 11.5 Å². The molecule has 0 aliphatic heterocycles. The number of ketones is 1. The van der Waals surface area contributed by atoms with Gasteiger partial charge < -0.3 is 25.4 Å². The third-order valence-electron chi connectivity index (χ3n) is 7.66. The summed E-state index contributed by atoms with van der Waals surface area (Å²) in [6.07, 6.45) is 2.70. The standard InChI is InChI=1S/C36H43N3O6/c1-24(40)27-17-19-29(20-18-27)38-34(42)32(22-26-9-8-12-31(21-26)44-30-10-6-5-7-11-30)39-33(41)28-15-13-25(14-16-28)23-37-35(43)45-36(2,3)4/h5-12,17-21,25,28,32H,13-16,22-23H2,1-4H3,(H,37,43)(H,38,42)(H,39,41). The number of nitrogens with one attached hydrogen (secondary N) is 3. The van der Waals surface area contributed by atoms with E-state index in [0.717, 1.165) is 18.4 Å². The molecule has 0 radical (unpaired) electrons. The smallest absolute Gasteiger partial charge is 0.407 e. The monoisotopic (exact) mass is 613 g/mol. The summed E-state index contributed by atoms with van der Waals surface area (Å²) in [7, 11) is 0. The number of alkyl carbamates (subject to hydrolysis) is 1. The third kappa shape index (κ3) is 10.8. The zero-order valence-corrected chi connectivity index (χ0v) is 26.4. The van der Waals surface area contributed by atoms with Crippen LogP contribution < -0.4 is 20.7 Å². The second-order valence-corrected chi connectivity index (χ2v) is 12.6. The van der Waals surface area contributed by atoms with E-state index in [1.165, 1.54) is 6.92 Å². The number of ether oxygens (including phenoxy) is 2. The molecule has 0 bridgehead atoms. The highest BCUT2D eigenvalue weighted by Crippen LogP contribution is 2.29. The number of carbonyl (C=O) groups excluding carboxylic acids is 4. The van der Waals surface area contributed by atoms with E-state index < -0.39 is 17.7 Å². The van der Waals surface area contributed by atoms with Crippen LogP contribution in [-0.2, 0) is 20.7 Å². The molecule has 4 rings (SSSR count). The van der Waals surface area contributed by atoms with Gasteiger partial charge in [-0.15, -0.1) is 0 Å². The van der Waals surface area contributed by atoms with Gasteiger partial charge in [0.15, 0.2) is 5.78 Å². The molecule has 0 aromatic heterocycles. The molecule has 1 saturated carbocycles. The number of rotatable bonds is 11. The summed E-state index contributed by atoms with van der Waals surface area (Å²) in [5.41, 5.74) is 1.35. The van der Waals surface area contributed by atoms with E-state index in [4.69, 9.17) is 9.47 Å². The van der Waals surface area contributed by atoms with Crippen LogP contribution >= 0.6 is 0 Å². The molecule has 9 heteroatoms. The summed E-state index contributed by atoms with van der Waals surface area (Å²) >= 11 is 0. The molecule has 0 spiro atoms. The van der Waals surface area contributed by atoms with Gasteiger partial charge in [0.05, 0.1) is 0 Å². The zero-order chi connectivity index (χ0) is 32.4. The quantitative estimate of drug-likeness (QED) is 0.207. The van der Waals surface area contributed by atoms with Crippen LogP contribution in [-0.4, -0.2) is 41.9 Å². The highest BCUT2D eigenvalue weighted by molar-refractivity contribution is 5.99. The van der Waals surface area contributed by atoms with Crippen LogP contribution in [0.4, 0.5) is 10.5 Å². The average molecular weight is 614 g/mol. The number of benzene rings is 3.